The van der Waals surface area contributed by atoms with Crippen LogP contribution < -0.4 is 10.6 Å². The molecule has 47 heavy (non-hydrogen) atoms. The molecule has 4 unspecified atom stereocenters. The summed E-state index contributed by atoms with van der Waals surface area (Å²) in [5.41, 5.74) is 2.63. The minimum Gasteiger partial charge on any atom is -0.463 e. The van der Waals surface area contributed by atoms with Crippen LogP contribution in [0.15, 0.2) is 116 Å². The first kappa shape index (κ1) is 36.4. The standard InChI is InChI=1S/C38H44N2O7/c1-3-14-31(24-35(42)39-33(25-41)23-29-18-10-6-11-19-29)36(43)40-34(38(45)46-26-30-20-12-7-13-21-30)27-47-37(44)32(15-4-2)22-28-16-8-5-9-17-28/h3-13,16-21,31-34,41H,1-2,14-15,22-27H2,(H,39,42)(H,40,43). The van der Waals surface area contributed by atoms with E-state index in [0.29, 0.717) is 19.3 Å². The molecule has 0 aliphatic heterocycles. The molecule has 0 aromatic heterocycles. The molecule has 0 aliphatic carbocycles. The van der Waals surface area contributed by atoms with Gasteiger partial charge in [0.1, 0.15) is 13.2 Å². The molecule has 9 nitrogen and oxygen atoms in total. The number of amides is 2. The third-order valence-electron chi connectivity index (χ3n) is 7.49. The molecule has 3 aromatic carbocycles. The summed E-state index contributed by atoms with van der Waals surface area (Å²) in [5.74, 6) is -3.80. The van der Waals surface area contributed by atoms with Crippen molar-refractivity contribution in [3.05, 3.63) is 133 Å². The van der Waals surface area contributed by atoms with E-state index in [-0.39, 0.29) is 26.1 Å². The smallest absolute Gasteiger partial charge is 0.332 e. The van der Waals surface area contributed by atoms with Crippen molar-refractivity contribution in [1.82, 2.24) is 10.6 Å². The van der Waals surface area contributed by atoms with E-state index < -0.39 is 54.3 Å². The predicted molar refractivity (Wildman–Crippen MR) is 180 cm³/mol. The molecular weight excluding hydrogens is 596 g/mol. The maximum Gasteiger partial charge on any atom is 0.332 e. The van der Waals surface area contributed by atoms with Crippen LogP contribution in [0.1, 0.15) is 36.0 Å². The van der Waals surface area contributed by atoms with Crippen LogP contribution in [0.2, 0.25) is 0 Å². The van der Waals surface area contributed by atoms with Crippen LogP contribution in [0.3, 0.4) is 0 Å². The second-order valence-corrected chi connectivity index (χ2v) is 11.3. The number of ether oxygens (including phenoxy) is 2. The number of rotatable bonds is 20. The van der Waals surface area contributed by atoms with Crippen molar-refractivity contribution >= 4 is 23.8 Å². The van der Waals surface area contributed by atoms with Gasteiger partial charge in [0.15, 0.2) is 6.04 Å². The second kappa shape index (κ2) is 20.2. The highest BCUT2D eigenvalue weighted by Gasteiger charge is 2.30. The van der Waals surface area contributed by atoms with Gasteiger partial charge >= 0.3 is 11.9 Å². The molecule has 248 valence electrons. The minimum absolute atomic E-state index is 0.0461. The molecule has 3 aromatic rings. The number of aliphatic hydroxyl groups is 1. The van der Waals surface area contributed by atoms with Gasteiger partial charge in [-0.3, -0.25) is 14.4 Å². The van der Waals surface area contributed by atoms with Crippen molar-refractivity contribution in [2.24, 2.45) is 11.8 Å². The topological polar surface area (TPSA) is 131 Å². The number of allylic oxidation sites excluding steroid dienone is 2. The molecule has 2 amide bonds. The van der Waals surface area contributed by atoms with Crippen molar-refractivity contribution in [3.63, 3.8) is 0 Å². The Kier molecular flexibility index (Phi) is 15.6. The van der Waals surface area contributed by atoms with E-state index in [2.05, 4.69) is 23.8 Å². The molecule has 0 saturated carbocycles. The van der Waals surface area contributed by atoms with Gasteiger partial charge in [0.05, 0.1) is 24.5 Å². The number of nitrogens with one attached hydrogen (secondary N) is 2. The van der Waals surface area contributed by atoms with Crippen LogP contribution in [0, 0.1) is 11.8 Å². The first-order valence-corrected chi connectivity index (χ1v) is 15.7. The highest BCUT2D eigenvalue weighted by Crippen LogP contribution is 2.16. The third-order valence-corrected chi connectivity index (χ3v) is 7.49. The van der Waals surface area contributed by atoms with E-state index in [4.69, 9.17) is 9.47 Å². The second-order valence-electron chi connectivity index (χ2n) is 11.3. The van der Waals surface area contributed by atoms with Crippen LogP contribution >= 0.6 is 0 Å². The minimum atomic E-state index is -1.32. The summed E-state index contributed by atoms with van der Waals surface area (Å²) in [5, 5.41) is 15.3. The number of hydrogen-bond acceptors (Lipinski definition) is 7. The quantitative estimate of drug-likeness (QED) is 0.123. The molecule has 0 aliphatic rings. The molecule has 9 heteroatoms. The Labute approximate surface area is 276 Å². The summed E-state index contributed by atoms with van der Waals surface area (Å²) in [6.45, 7) is 6.67. The number of hydrogen-bond donors (Lipinski definition) is 3. The fourth-order valence-electron chi connectivity index (χ4n) is 4.99. The van der Waals surface area contributed by atoms with Crippen molar-refractivity contribution in [2.45, 2.75) is 50.8 Å². The van der Waals surface area contributed by atoms with E-state index in [0.717, 1.165) is 16.7 Å². The zero-order chi connectivity index (χ0) is 33.9. The fourth-order valence-corrected chi connectivity index (χ4v) is 4.99. The lowest BCUT2D eigenvalue weighted by Gasteiger charge is -2.23. The van der Waals surface area contributed by atoms with Gasteiger partial charge < -0.3 is 25.2 Å². The Morgan fingerprint density at radius 1 is 0.681 bits per heavy atom. The molecule has 0 bridgehead atoms. The van der Waals surface area contributed by atoms with E-state index in [1.54, 1.807) is 18.2 Å². The lowest BCUT2D eigenvalue weighted by molar-refractivity contribution is -0.157. The number of benzene rings is 3. The number of carbonyl (C=O) groups excluding carboxylic acids is 4. The van der Waals surface area contributed by atoms with Crippen molar-refractivity contribution in [2.75, 3.05) is 13.2 Å². The Morgan fingerprint density at radius 2 is 1.21 bits per heavy atom. The van der Waals surface area contributed by atoms with E-state index in [1.165, 1.54) is 6.08 Å². The lowest BCUT2D eigenvalue weighted by atomic mass is 9.96. The van der Waals surface area contributed by atoms with Gasteiger partial charge in [-0.1, -0.05) is 103 Å². The molecule has 0 fully saturated rings. The number of carbonyl (C=O) groups is 4. The van der Waals surface area contributed by atoms with Crippen molar-refractivity contribution in [3.8, 4) is 0 Å². The first-order chi connectivity index (χ1) is 22.8. The summed E-state index contributed by atoms with van der Waals surface area (Å²) >= 11 is 0. The molecule has 3 rings (SSSR count). The van der Waals surface area contributed by atoms with Crippen molar-refractivity contribution in [1.29, 1.82) is 0 Å². The fraction of sp³-hybridized carbons (Fsp3) is 0.316. The summed E-state index contributed by atoms with van der Waals surface area (Å²) in [6.07, 6.45) is 4.26. The van der Waals surface area contributed by atoms with E-state index >= 15 is 0 Å². The molecule has 4 atom stereocenters. The van der Waals surface area contributed by atoms with Crippen LogP contribution in [-0.2, 0) is 48.1 Å². The van der Waals surface area contributed by atoms with Gasteiger partial charge in [0.2, 0.25) is 11.8 Å². The summed E-state index contributed by atoms with van der Waals surface area (Å²) in [6, 6.07) is 26.1. The normalized spacial score (nSPS) is 13.2. The Hall–Kier alpha value is -5.02. The van der Waals surface area contributed by atoms with Gasteiger partial charge in [-0.15, -0.1) is 13.2 Å². The SMILES string of the molecule is C=CCC(CC(=O)NC(CO)Cc1ccccc1)C(=O)NC(COC(=O)C(CC=C)Cc1ccccc1)C(=O)OCc1ccccc1. The van der Waals surface area contributed by atoms with Gasteiger partial charge in [-0.05, 0) is 42.4 Å². The third kappa shape index (κ3) is 13.1. The highest BCUT2D eigenvalue weighted by atomic mass is 16.6. The van der Waals surface area contributed by atoms with Crippen molar-refractivity contribution < 1.29 is 33.8 Å². The summed E-state index contributed by atoms with van der Waals surface area (Å²) < 4.78 is 11.1. The van der Waals surface area contributed by atoms with Gasteiger partial charge in [0, 0.05) is 6.42 Å². The molecule has 3 N–H and O–H groups in total. The van der Waals surface area contributed by atoms with Gasteiger partial charge in [-0.2, -0.15) is 0 Å². The Morgan fingerprint density at radius 3 is 1.77 bits per heavy atom. The van der Waals surface area contributed by atoms with Crippen LogP contribution in [0.4, 0.5) is 0 Å². The average Bonchev–Trinajstić information content (AvgIpc) is 3.09. The summed E-state index contributed by atoms with van der Waals surface area (Å²) in [7, 11) is 0. The molecular formula is C38H44N2O7. The van der Waals surface area contributed by atoms with E-state index in [1.807, 2.05) is 78.9 Å². The van der Waals surface area contributed by atoms with Crippen LogP contribution in [0.25, 0.3) is 0 Å². The highest BCUT2D eigenvalue weighted by molar-refractivity contribution is 5.89. The molecule has 0 spiro atoms. The Balaban J connectivity index is 1.68. The zero-order valence-corrected chi connectivity index (χ0v) is 26.6. The largest absolute Gasteiger partial charge is 0.463 e. The maximum absolute atomic E-state index is 13.5. The monoisotopic (exact) mass is 640 g/mol. The van der Waals surface area contributed by atoms with Gasteiger partial charge in [0.25, 0.3) is 0 Å². The molecule has 0 saturated heterocycles. The predicted octanol–water partition coefficient (Wildman–Crippen LogP) is 4.50. The summed E-state index contributed by atoms with van der Waals surface area (Å²) in [4.78, 5) is 52.8. The van der Waals surface area contributed by atoms with E-state index in [9.17, 15) is 24.3 Å². The van der Waals surface area contributed by atoms with Crippen LogP contribution in [-0.4, -0.2) is 54.2 Å². The van der Waals surface area contributed by atoms with Gasteiger partial charge in [-0.25, -0.2) is 4.79 Å². The van der Waals surface area contributed by atoms with Crippen LogP contribution in [0.5, 0.6) is 0 Å². The number of esters is 2. The molecule has 0 radical (unpaired) electrons. The lowest BCUT2D eigenvalue weighted by Crippen LogP contribution is -2.48. The first-order valence-electron chi connectivity index (χ1n) is 15.7. The maximum atomic E-state index is 13.5. The zero-order valence-electron chi connectivity index (χ0n) is 26.6. The average molecular weight is 641 g/mol. The Bertz CT molecular complexity index is 1430. The molecule has 0 heterocycles. The number of aliphatic hydroxyl groups excluding tert-OH is 1.